The van der Waals surface area contributed by atoms with Crippen molar-refractivity contribution in [2.24, 2.45) is 0 Å². The predicted molar refractivity (Wildman–Crippen MR) is 104 cm³/mol. The maximum Gasteiger partial charge on any atom is 0.359 e. The average Bonchev–Trinajstić information content (AvgIpc) is 3.16. The Morgan fingerprint density at radius 1 is 1.11 bits per heavy atom. The van der Waals surface area contributed by atoms with Crippen LogP contribution < -0.4 is 5.56 Å². The number of hydrogen-bond acceptors (Lipinski definition) is 6. The first-order valence-electron chi connectivity index (χ1n) is 8.82. The van der Waals surface area contributed by atoms with Gasteiger partial charge in [-0.15, -0.1) is 0 Å². The van der Waals surface area contributed by atoms with Crippen LogP contribution in [0.15, 0.2) is 63.9 Å². The molecule has 0 amide bonds. The van der Waals surface area contributed by atoms with Crippen LogP contribution >= 0.6 is 0 Å². The third kappa shape index (κ3) is 2.96. The van der Waals surface area contributed by atoms with E-state index in [0.29, 0.717) is 17.0 Å². The predicted octanol–water partition coefficient (Wildman–Crippen LogP) is 3.53. The van der Waals surface area contributed by atoms with Crippen LogP contribution in [0, 0.1) is 6.92 Å². The quantitative estimate of drug-likeness (QED) is 0.507. The Bertz CT molecular complexity index is 1210. The van der Waals surface area contributed by atoms with Crippen molar-refractivity contribution < 1.29 is 14.1 Å². The molecule has 7 heteroatoms. The van der Waals surface area contributed by atoms with Crippen LogP contribution in [0.3, 0.4) is 0 Å². The van der Waals surface area contributed by atoms with Gasteiger partial charge in [-0.25, -0.2) is 4.79 Å². The highest BCUT2D eigenvalue weighted by Crippen LogP contribution is 2.29. The molecule has 0 bridgehead atoms. The van der Waals surface area contributed by atoms with Crippen molar-refractivity contribution in [1.29, 1.82) is 0 Å². The summed E-state index contributed by atoms with van der Waals surface area (Å²) < 4.78 is 11.8. The van der Waals surface area contributed by atoms with E-state index in [4.69, 9.17) is 9.26 Å². The minimum atomic E-state index is -0.645. The number of carbonyl (C=O) groups excluding carboxylic acids is 1. The highest BCUT2D eigenvalue weighted by molar-refractivity contribution is 6.06. The summed E-state index contributed by atoms with van der Waals surface area (Å²) in [6.07, 6.45) is 0. The van der Waals surface area contributed by atoms with Crippen LogP contribution in [0.4, 0.5) is 0 Å². The molecule has 2 aromatic heterocycles. The Hall–Kier alpha value is -3.74. The van der Waals surface area contributed by atoms with Gasteiger partial charge in [0.15, 0.2) is 17.0 Å². The Labute approximate surface area is 160 Å². The van der Waals surface area contributed by atoms with E-state index in [-0.39, 0.29) is 23.2 Å². The fourth-order valence-electron chi connectivity index (χ4n) is 2.94. The van der Waals surface area contributed by atoms with Crippen LogP contribution in [-0.4, -0.2) is 27.5 Å². The van der Waals surface area contributed by atoms with Crippen LogP contribution in [0.25, 0.3) is 27.9 Å². The fourth-order valence-corrected chi connectivity index (χ4v) is 2.94. The molecule has 0 spiro atoms. The summed E-state index contributed by atoms with van der Waals surface area (Å²) in [5, 5.41) is 8.50. The van der Waals surface area contributed by atoms with Crippen molar-refractivity contribution >= 4 is 16.9 Å². The first-order chi connectivity index (χ1) is 13.6. The van der Waals surface area contributed by atoms with E-state index in [0.717, 1.165) is 10.2 Å². The van der Waals surface area contributed by atoms with Gasteiger partial charge < -0.3 is 9.26 Å². The van der Waals surface area contributed by atoms with Gasteiger partial charge in [0.05, 0.1) is 17.7 Å². The largest absolute Gasteiger partial charge is 0.461 e. The third-order valence-corrected chi connectivity index (χ3v) is 4.31. The van der Waals surface area contributed by atoms with Crippen LogP contribution in [0.1, 0.15) is 23.0 Å². The molecule has 4 rings (SSSR count). The van der Waals surface area contributed by atoms with Crippen molar-refractivity contribution in [2.45, 2.75) is 13.8 Å². The lowest BCUT2D eigenvalue weighted by molar-refractivity contribution is 0.0520. The second kappa shape index (κ2) is 7.11. The van der Waals surface area contributed by atoms with Gasteiger partial charge in [-0.1, -0.05) is 53.2 Å². The lowest BCUT2D eigenvalue weighted by Crippen LogP contribution is -2.25. The van der Waals surface area contributed by atoms with Gasteiger partial charge in [0.25, 0.3) is 0 Å². The topological polar surface area (TPSA) is 87.2 Å². The SMILES string of the molecule is CCOC(=O)c1nn(-c2ccc(C)cc2)c(=O)c2noc(-c3ccccc3)c12. The molecule has 7 nitrogen and oxygen atoms in total. The minimum Gasteiger partial charge on any atom is -0.461 e. The number of rotatable bonds is 4. The maximum atomic E-state index is 13.0. The number of carbonyl (C=O) groups is 1. The van der Waals surface area contributed by atoms with Gasteiger partial charge in [0.1, 0.15) is 0 Å². The number of esters is 1. The molecule has 0 aliphatic rings. The van der Waals surface area contributed by atoms with E-state index < -0.39 is 11.5 Å². The number of benzene rings is 2. The van der Waals surface area contributed by atoms with E-state index in [1.54, 1.807) is 31.2 Å². The molecular weight excluding hydrogens is 358 g/mol. The summed E-state index contributed by atoms with van der Waals surface area (Å²) in [5.41, 5.74) is 1.78. The standard InChI is InChI=1S/C21H17N3O4/c1-3-27-21(26)18-16-17(23-28-19(16)14-7-5-4-6-8-14)20(25)24(22-18)15-11-9-13(2)10-12-15/h4-12H,3H2,1-2H3. The number of nitrogens with zero attached hydrogens (tertiary/aromatic N) is 3. The van der Waals surface area contributed by atoms with Crippen molar-refractivity contribution in [1.82, 2.24) is 14.9 Å². The second-order valence-corrected chi connectivity index (χ2v) is 6.22. The van der Waals surface area contributed by atoms with Crippen molar-refractivity contribution in [3.8, 4) is 17.0 Å². The first-order valence-corrected chi connectivity index (χ1v) is 8.82. The Balaban J connectivity index is 2.03. The number of ether oxygens (including phenoxy) is 1. The summed E-state index contributed by atoms with van der Waals surface area (Å²) in [4.78, 5) is 25.6. The molecule has 0 aliphatic carbocycles. The number of hydrogen-bond donors (Lipinski definition) is 0. The molecule has 0 saturated heterocycles. The van der Waals surface area contributed by atoms with Crippen molar-refractivity contribution in [3.63, 3.8) is 0 Å². The van der Waals surface area contributed by atoms with E-state index in [1.165, 1.54) is 0 Å². The molecular formula is C21H17N3O4. The lowest BCUT2D eigenvalue weighted by atomic mass is 10.1. The lowest BCUT2D eigenvalue weighted by Gasteiger charge is -2.08. The Kier molecular flexibility index (Phi) is 4.49. The molecule has 2 aromatic carbocycles. The molecule has 0 fully saturated rings. The molecule has 0 N–H and O–H groups in total. The van der Waals surface area contributed by atoms with Crippen molar-refractivity contribution in [2.75, 3.05) is 6.61 Å². The van der Waals surface area contributed by atoms with E-state index in [2.05, 4.69) is 10.3 Å². The molecule has 140 valence electrons. The molecule has 0 atom stereocenters. The van der Waals surface area contributed by atoms with Gasteiger partial charge in [-0.05, 0) is 26.0 Å². The Morgan fingerprint density at radius 3 is 2.50 bits per heavy atom. The zero-order chi connectivity index (χ0) is 19.7. The average molecular weight is 375 g/mol. The normalized spacial score (nSPS) is 10.9. The molecule has 0 unspecified atom stereocenters. The van der Waals surface area contributed by atoms with Crippen LogP contribution in [0.5, 0.6) is 0 Å². The number of aryl methyl sites for hydroxylation is 1. The van der Waals surface area contributed by atoms with Crippen molar-refractivity contribution in [3.05, 3.63) is 76.2 Å². The smallest absolute Gasteiger partial charge is 0.359 e. The van der Waals surface area contributed by atoms with Gasteiger partial charge in [-0.2, -0.15) is 9.78 Å². The first kappa shape index (κ1) is 17.7. The fraction of sp³-hybridized carbons (Fsp3) is 0.143. The van der Waals surface area contributed by atoms with E-state index >= 15 is 0 Å². The summed E-state index contributed by atoms with van der Waals surface area (Å²) in [5.74, 6) is -0.340. The third-order valence-electron chi connectivity index (χ3n) is 4.31. The summed E-state index contributed by atoms with van der Waals surface area (Å²) >= 11 is 0. The van der Waals surface area contributed by atoms with E-state index in [1.807, 2.05) is 37.3 Å². The van der Waals surface area contributed by atoms with Crippen LogP contribution in [0.2, 0.25) is 0 Å². The highest BCUT2D eigenvalue weighted by Gasteiger charge is 2.26. The molecule has 0 radical (unpaired) electrons. The van der Waals surface area contributed by atoms with Gasteiger partial charge >= 0.3 is 11.5 Å². The second-order valence-electron chi connectivity index (χ2n) is 6.22. The zero-order valence-electron chi connectivity index (χ0n) is 15.4. The Morgan fingerprint density at radius 2 is 1.82 bits per heavy atom. The molecule has 4 aromatic rings. The zero-order valence-corrected chi connectivity index (χ0v) is 15.4. The summed E-state index contributed by atoms with van der Waals surface area (Å²) in [7, 11) is 0. The number of fused-ring (bicyclic) bond motifs is 1. The van der Waals surface area contributed by atoms with Gasteiger partial charge in [0.2, 0.25) is 0 Å². The van der Waals surface area contributed by atoms with Gasteiger partial charge in [-0.3, -0.25) is 4.79 Å². The van der Waals surface area contributed by atoms with Crippen LogP contribution in [-0.2, 0) is 4.74 Å². The highest BCUT2D eigenvalue weighted by atomic mass is 16.5. The van der Waals surface area contributed by atoms with E-state index in [9.17, 15) is 9.59 Å². The minimum absolute atomic E-state index is 0.0165. The molecule has 0 saturated carbocycles. The monoisotopic (exact) mass is 375 g/mol. The van der Waals surface area contributed by atoms with Gasteiger partial charge in [0, 0.05) is 5.56 Å². The molecule has 28 heavy (non-hydrogen) atoms. The molecule has 0 aliphatic heterocycles. The molecule has 2 heterocycles. The number of aromatic nitrogens is 3. The summed E-state index contributed by atoms with van der Waals surface area (Å²) in [6, 6.07) is 16.3. The summed E-state index contributed by atoms with van der Waals surface area (Å²) in [6.45, 7) is 3.82. The maximum absolute atomic E-state index is 13.0.